The zero-order chi connectivity index (χ0) is 20.9. The van der Waals surface area contributed by atoms with Crippen LogP contribution in [0.25, 0.3) is 0 Å². The third kappa shape index (κ3) is 3.65. The Morgan fingerprint density at radius 2 is 1.93 bits per heavy atom. The smallest absolute Gasteiger partial charge is 0.258 e. The number of nitrogens with one attached hydrogen (secondary N) is 1. The highest BCUT2D eigenvalue weighted by molar-refractivity contribution is 6.48. The molecule has 4 aliphatic carbocycles. The van der Waals surface area contributed by atoms with E-state index in [9.17, 15) is 4.79 Å². The average molecular weight is 448 g/mol. The van der Waals surface area contributed by atoms with E-state index in [1.54, 1.807) is 24.3 Å². The summed E-state index contributed by atoms with van der Waals surface area (Å²) in [6.07, 6.45) is 4.87. The first-order chi connectivity index (χ1) is 14.3. The Hall–Kier alpha value is -1.90. The Kier molecular flexibility index (Phi) is 4.91. The van der Waals surface area contributed by atoms with Crippen LogP contribution in [-0.2, 0) is 14.6 Å². The molecular weight excluding hydrogens is 422 g/mol. The summed E-state index contributed by atoms with van der Waals surface area (Å²) in [5.74, 6) is 2.32. The lowest BCUT2D eigenvalue weighted by atomic mass is 9.39. The van der Waals surface area contributed by atoms with Crippen molar-refractivity contribution in [1.82, 2.24) is 15.5 Å². The normalized spacial score (nSPS) is 31.5. The van der Waals surface area contributed by atoms with E-state index in [1.807, 2.05) is 0 Å². The monoisotopic (exact) mass is 447 g/mol. The molecule has 6 rings (SSSR count). The number of carbonyl (C=O) groups is 1. The number of hydrogen-bond acceptors (Lipinski definition) is 6. The molecule has 2 bridgehead atoms. The lowest BCUT2D eigenvalue weighted by molar-refractivity contribution is -0.143. The third-order valence-electron chi connectivity index (χ3n) is 6.42. The van der Waals surface area contributed by atoms with E-state index in [2.05, 4.69) is 28.6 Å². The number of halogens is 1. The summed E-state index contributed by atoms with van der Waals surface area (Å²) in [5.41, 5.74) is -0.202. The number of aromatic nitrogens is 2. The first kappa shape index (κ1) is 20.0. The Morgan fingerprint density at radius 1 is 1.23 bits per heavy atom. The molecule has 9 heteroatoms. The molecule has 0 aliphatic heterocycles. The van der Waals surface area contributed by atoms with Crippen LogP contribution < -0.4 is 10.1 Å². The second-order valence-corrected chi connectivity index (χ2v) is 12.1. The van der Waals surface area contributed by atoms with Gasteiger partial charge in [0.15, 0.2) is 15.6 Å². The first-order valence-electron chi connectivity index (χ1n) is 10.5. The predicted molar refractivity (Wildman–Crippen MR) is 113 cm³/mol. The van der Waals surface area contributed by atoms with Crippen molar-refractivity contribution in [2.24, 2.45) is 0 Å². The topological polar surface area (TPSA) is 86.5 Å². The maximum absolute atomic E-state index is 12.3. The zero-order valence-electron chi connectivity index (χ0n) is 17.2. The highest BCUT2D eigenvalue weighted by Gasteiger charge is 2.71. The van der Waals surface area contributed by atoms with Gasteiger partial charge in [-0.2, -0.15) is 0 Å². The standard InChI is InChI=1S/C21H26ClN3O4Si/c1-30(2)29-16-7-13(8-16)18-24-25-19(28-18)20-10-21(11-20,12-20)23-17(26)9-27-15-5-3-14(22)4-6-15/h3-6,13,16,30H,7-12H2,1-2H3,(H,23,26). The van der Waals surface area contributed by atoms with Crippen LogP contribution in [0.5, 0.6) is 5.75 Å². The molecule has 4 fully saturated rings. The minimum Gasteiger partial charge on any atom is -0.484 e. The molecule has 1 aromatic carbocycles. The quantitative estimate of drug-likeness (QED) is 0.624. The molecule has 0 saturated heterocycles. The van der Waals surface area contributed by atoms with Crippen LogP contribution >= 0.6 is 11.6 Å². The van der Waals surface area contributed by atoms with E-state index >= 15 is 0 Å². The molecule has 1 N–H and O–H groups in total. The van der Waals surface area contributed by atoms with Crippen molar-refractivity contribution < 1.29 is 18.4 Å². The van der Waals surface area contributed by atoms with Gasteiger partial charge in [0.2, 0.25) is 11.8 Å². The van der Waals surface area contributed by atoms with Crippen molar-refractivity contribution in [3.05, 3.63) is 41.1 Å². The number of carbonyl (C=O) groups excluding carboxylic acids is 1. The van der Waals surface area contributed by atoms with Crippen LogP contribution in [0.4, 0.5) is 0 Å². The van der Waals surface area contributed by atoms with Crippen molar-refractivity contribution >= 4 is 26.5 Å². The third-order valence-corrected chi connectivity index (χ3v) is 7.60. The number of amides is 1. The van der Waals surface area contributed by atoms with Gasteiger partial charge in [-0.1, -0.05) is 11.6 Å². The second-order valence-electron chi connectivity index (χ2n) is 9.30. The molecule has 0 radical (unpaired) electrons. The van der Waals surface area contributed by atoms with Crippen LogP contribution in [-0.4, -0.2) is 43.4 Å². The van der Waals surface area contributed by atoms with Crippen molar-refractivity contribution in [1.29, 1.82) is 0 Å². The molecule has 1 aromatic heterocycles. The number of hydrogen-bond donors (Lipinski definition) is 1. The maximum atomic E-state index is 12.3. The number of rotatable bonds is 8. The van der Waals surface area contributed by atoms with E-state index < -0.39 is 9.04 Å². The molecule has 0 unspecified atom stereocenters. The first-order valence-corrected chi connectivity index (χ1v) is 13.7. The Balaban J connectivity index is 1.09. The summed E-state index contributed by atoms with van der Waals surface area (Å²) in [5, 5.41) is 12.4. The molecule has 7 nitrogen and oxygen atoms in total. The fourth-order valence-corrected chi connectivity index (χ4v) is 6.15. The van der Waals surface area contributed by atoms with Crippen LogP contribution in [0, 0.1) is 0 Å². The van der Waals surface area contributed by atoms with Gasteiger partial charge in [-0.15, -0.1) is 10.2 Å². The van der Waals surface area contributed by atoms with Gasteiger partial charge in [-0.25, -0.2) is 0 Å². The Labute approximate surface area is 182 Å². The second kappa shape index (κ2) is 7.35. The van der Waals surface area contributed by atoms with Crippen LogP contribution in [0.15, 0.2) is 28.7 Å². The number of nitrogens with zero attached hydrogens (tertiary/aromatic N) is 2. The zero-order valence-corrected chi connectivity index (χ0v) is 19.1. The van der Waals surface area contributed by atoms with E-state index in [4.69, 9.17) is 25.2 Å². The lowest BCUT2D eigenvalue weighted by Gasteiger charge is -2.68. The summed E-state index contributed by atoms with van der Waals surface area (Å²) in [6, 6.07) is 6.97. The van der Waals surface area contributed by atoms with Crippen LogP contribution in [0.3, 0.4) is 0 Å². The van der Waals surface area contributed by atoms with Crippen LogP contribution in [0.1, 0.15) is 49.8 Å². The van der Waals surface area contributed by atoms with Crippen molar-refractivity contribution in [2.45, 2.75) is 68.2 Å². The summed E-state index contributed by atoms with van der Waals surface area (Å²) in [6.45, 7) is 4.38. The minimum atomic E-state index is -0.989. The average Bonchev–Trinajstić information content (AvgIpc) is 3.08. The van der Waals surface area contributed by atoms with Crippen molar-refractivity contribution in [2.75, 3.05) is 6.61 Å². The number of benzene rings is 1. The van der Waals surface area contributed by atoms with E-state index in [1.165, 1.54) is 0 Å². The largest absolute Gasteiger partial charge is 0.484 e. The minimum absolute atomic E-state index is 0.00869. The molecule has 1 heterocycles. The lowest BCUT2D eigenvalue weighted by Crippen LogP contribution is -2.77. The maximum Gasteiger partial charge on any atom is 0.258 e. The highest BCUT2D eigenvalue weighted by atomic mass is 35.5. The van der Waals surface area contributed by atoms with Crippen molar-refractivity contribution in [3.63, 3.8) is 0 Å². The summed E-state index contributed by atoms with van der Waals surface area (Å²) < 4.78 is 17.5. The molecule has 4 aliphatic rings. The van der Waals surface area contributed by atoms with Gasteiger partial charge < -0.3 is 18.9 Å². The highest BCUT2D eigenvalue weighted by Crippen LogP contribution is 2.67. The molecule has 4 saturated carbocycles. The van der Waals surface area contributed by atoms with E-state index in [-0.39, 0.29) is 23.5 Å². The van der Waals surface area contributed by atoms with Crippen molar-refractivity contribution in [3.8, 4) is 5.75 Å². The van der Waals surface area contributed by atoms with E-state index in [0.717, 1.165) is 43.9 Å². The fourth-order valence-electron chi connectivity index (χ4n) is 5.04. The van der Waals surface area contributed by atoms with E-state index in [0.29, 0.717) is 22.8 Å². The van der Waals surface area contributed by atoms with Gasteiger partial charge in [0.05, 0.1) is 5.41 Å². The summed E-state index contributed by atoms with van der Waals surface area (Å²) >= 11 is 5.86. The van der Waals surface area contributed by atoms with Gasteiger partial charge in [0, 0.05) is 22.6 Å². The Bertz CT molecular complexity index is 922. The summed E-state index contributed by atoms with van der Waals surface area (Å²) in [4.78, 5) is 12.3. The van der Waals surface area contributed by atoms with Gasteiger partial charge >= 0.3 is 0 Å². The molecular formula is C21H26ClN3O4Si. The molecule has 160 valence electrons. The van der Waals surface area contributed by atoms with Gasteiger partial charge in [0.25, 0.3) is 5.91 Å². The fraction of sp³-hybridized carbons (Fsp3) is 0.571. The van der Waals surface area contributed by atoms with Gasteiger partial charge in [-0.05, 0) is 69.5 Å². The number of ether oxygens (including phenoxy) is 1. The molecule has 1 amide bonds. The molecule has 0 spiro atoms. The summed E-state index contributed by atoms with van der Waals surface area (Å²) in [7, 11) is -0.989. The molecule has 30 heavy (non-hydrogen) atoms. The predicted octanol–water partition coefficient (Wildman–Crippen LogP) is 3.34. The SMILES string of the molecule is C[SiH](C)OC1CC(c2nnc(C34CC(NC(=O)COc5ccc(Cl)cc5)(C3)C4)o2)C1. The van der Waals surface area contributed by atoms with Gasteiger partial charge in [0.1, 0.15) is 5.75 Å². The Morgan fingerprint density at radius 3 is 2.60 bits per heavy atom. The van der Waals surface area contributed by atoms with Crippen LogP contribution in [0.2, 0.25) is 18.1 Å². The van der Waals surface area contributed by atoms with Gasteiger partial charge in [-0.3, -0.25) is 4.79 Å². The molecule has 0 atom stereocenters. The molecule has 2 aromatic rings.